The van der Waals surface area contributed by atoms with E-state index in [4.69, 9.17) is 4.98 Å². The number of nitrogens with zero attached hydrogens (tertiary/aromatic N) is 4. The Kier molecular flexibility index (Phi) is 10.5. The van der Waals surface area contributed by atoms with E-state index in [1.807, 2.05) is 17.0 Å². The van der Waals surface area contributed by atoms with Gasteiger partial charge in [-0.2, -0.15) is 0 Å². The molecule has 0 saturated carbocycles. The van der Waals surface area contributed by atoms with E-state index in [1.54, 1.807) is 0 Å². The van der Waals surface area contributed by atoms with Crippen LogP contribution in [0.1, 0.15) is 88.9 Å². The minimum absolute atomic E-state index is 0.154. The Hall–Kier alpha value is -2.08. The van der Waals surface area contributed by atoms with E-state index in [0.29, 0.717) is 0 Å². The number of imidazole rings is 1. The van der Waals surface area contributed by atoms with Crippen molar-refractivity contribution < 1.29 is 4.79 Å². The second-order valence-corrected chi connectivity index (χ2v) is 9.47. The molecule has 1 saturated heterocycles. The lowest BCUT2D eigenvalue weighted by Crippen LogP contribution is -2.34. The first kappa shape index (κ1) is 25.5. The minimum atomic E-state index is 0.154. The summed E-state index contributed by atoms with van der Waals surface area (Å²) >= 11 is 0. The third-order valence-electron chi connectivity index (χ3n) is 6.74. The molecular formula is C27H45N5O. The molecule has 6 heteroatoms. The zero-order valence-corrected chi connectivity index (χ0v) is 21.2. The van der Waals surface area contributed by atoms with Gasteiger partial charge in [0.1, 0.15) is 0 Å². The van der Waals surface area contributed by atoms with Crippen molar-refractivity contribution in [3.8, 4) is 0 Å². The lowest BCUT2D eigenvalue weighted by Gasteiger charge is -2.26. The molecule has 184 valence electrons. The van der Waals surface area contributed by atoms with Crippen molar-refractivity contribution in [2.75, 3.05) is 44.6 Å². The Morgan fingerprint density at radius 1 is 0.970 bits per heavy atom. The fourth-order valence-electron chi connectivity index (χ4n) is 4.64. The average molecular weight is 456 g/mol. The molecule has 0 atom stereocenters. The number of hydrogen-bond acceptors (Lipinski definition) is 4. The van der Waals surface area contributed by atoms with Gasteiger partial charge in [-0.15, -0.1) is 0 Å². The number of unbranched alkanes of at least 4 members (excludes halogenated alkanes) is 3. The predicted molar refractivity (Wildman–Crippen MR) is 139 cm³/mol. The summed E-state index contributed by atoms with van der Waals surface area (Å²) in [5, 5.41) is 3.60. The summed E-state index contributed by atoms with van der Waals surface area (Å²) in [4.78, 5) is 22.8. The number of aromatic nitrogens is 2. The maximum absolute atomic E-state index is 13.4. The molecule has 6 nitrogen and oxygen atoms in total. The van der Waals surface area contributed by atoms with Crippen LogP contribution < -0.4 is 5.32 Å². The van der Waals surface area contributed by atoms with Gasteiger partial charge in [0.15, 0.2) is 0 Å². The number of likely N-dealkylation sites (tertiary alicyclic amines) is 1. The van der Waals surface area contributed by atoms with Gasteiger partial charge >= 0.3 is 0 Å². The van der Waals surface area contributed by atoms with Crippen LogP contribution in [0.3, 0.4) is 0 Å². The van der Waals surface area contributed by atoms with Gasteiger partial charge in [-0.3, -0.25) is 4.79 Å². The van der Waals surface area contributed by atoms with Gasteiger partial charge in [0, 0.05) is 38.3 Å². The molecule has 1 N–H and O–H groups in total. The third-order valence-corrected chi connectivity index (χ3v) is 6.74. The van der Waals surface area contributed by atoms with Crippen LogP contribution >= 0.6 is 0 Å². The molecule has 0 spiro atoms. The number of benzene rings is 1. The molecule has 33 heavy (non-hydrogen) atoms. The van der Waals surface area contributed by atoms with E-state index in [-0.39, 0.29) is 5.91 Å². The Morgan fingerprint density at radius 2 is 1.67 bits per heavy atom. The highest BCUT2D eigenvalue weighted by Gasteiger charge is 2.18. The largest absolute Gasteiger partial charge is 0.354 e. The van der Waals surface area contributed by atoms with E-state index in [9.17, 15) is 4.79 Å². The van der Waals surface area contributed by atoms with Gasteiger partial charge in [0.2, 0.25) is 5.95 Å². The number of anilines is 1. The van der Waals surface area contributed by atoms with Gasteiger partial charge in [0.25, 0.3) is 5.91 Å². The van der Waals surface area contributed by atoms with Crippen molar-refractivity contribution in [3.05, 3.63) is 23.8 Å². The van der Waals surface area contributed by atoms with Gasteiger partial charge in [-0.1, -0.05) is 46.5 Å². The van der Waals surface area contributed by atoms with E-state index >= 15 is 0 Å². The van der Waals surface area contributed by atoms with Gasteiger partial charge < -0.3 is 19.7 Å². The van der Waals surface area contributed by atoms with Gasteiger partial charge in [-0.25, -0.2) is 4.98 Å². The fourth-order valence-corrected chi connectivity index (χ4v) is 4.64. The van der Waals surface area contributed by atoms with Crippen LogP contribution in [-0.2, 0) is 6.54 Å². The quantitative estimate of drug-likeness (QED) is 0.392. The number of nitrogens with one attached hydrogen (secondary N) is 1. The normalized spacial score (nSPS) is 14.6. The summed E-state index contributed by atoms with van der Waals surface area (Å²) in [6.07, 6.45) is 10.5. The van der Waals surface area contributed by atoms with Crippen LogP contribution in [0.5, 0.6) is 0 Å². The number of hydrogen-bond donors (Lipinski definition) is 1. The number of rotatable bonds is 14. The first-order valence-corrected chi connectivity index (χ1v) is 13.4. The molecule has 3 rings (SSSR count). The molecule has 1 aliphatic heterocycles. The predicted octanol–water partition coefficient (Wildman–Crippen LogP) is 5.78. The van der Waals surface area contributed by atoms with Crippen molar-refractivity contribution in [3.63, 3.8) is 0 Å². The topological polar surface area (TPSA) is 53.4 Å². The summed E-state index contributed by atoms with van der Waals surface area (Å²) in [6, 6.07) is 6.06. The second kappa shape index (κ2) is 13.6. The number of aryl methyl sites for hydroxylation is 1. The molecule has 1 aromatic heterocycles. The molecule has 0 radical (unpaired) electrons. The van der Waals surface area contributed by atoms with Crippen molar-refractivity contribution in [1.29, 1.82) is 0 Å². The Morgan fingerprint density at radius 3 is 2.33 bits per heavy atom. The number of piperidine rings is 1. The molecule has 0 unspecified atom stereocenters. The molecule has 0 aliphatic carbocycles. The lowest BCUT2D eigenvalue weighted by atomic mass is 10.1. The number of carbonyl (C=O) groups excluding carboxylic acids is 1. The molecule has 1 amide bonds. The highest BCUT2D eigenvalue weighted by atomic mass is 16.2. The highest BCUT2D eigenvalue weighted by molar-refractivity contribution is 5.97. The number of carbonyl (C=O) groups is 1. The standard InChI is InChI=1S/C27H45N5O/c1-4-7-18-31(19-8-5-2)26(33)23-13-14-24-25(22-23)32(20-9-6-3)27(29-24)28-15-21-30-16-11-10-12-17-30/h13-14,22H,4-12,15-21H2,1-3H3,(H,28,29). The van der Waals surface area contributed by atoms with E-state index < -0.39 is 0 Å². The average Bonchev–Trinajstić information content (AvgIpc) is 3.19. The summed E-state index contributed by atoms with van der Waals surface area (Å²) in [5.74, 6) is 1.09. The molecule has 1 fully saturated rings. The summed E-state index contributed by atoms with van der Waals surface area (Å²) in [7, 11) is 0. The monoisotopic (exact) mass is 455 g/mol. The molecule has 0 bridgehead atoms. The SMILES string of the molecule is CCCCN(CCCC)C(=O)c1ccc2nc(NCCN3CCCCC3)n(CCCC)c2c1. The zero-order valence-electron chi connectivity index (χ0n) is 21.2. The highest BCUT2D eigenvalue weighted by Crippen LogP contribution is 2.23. The Balaban J connectivity index is 1.78. The first-order valence-electron chi connectivity index (χ1n) is 13.4. The van der Waals surface area contributed by atoms with Crippen molar-refractivity contribution in [2.24, 2.45) is 0 Å². The molecule has 2 heterocycles. The molecule has 2 aromatic rings. The number of fused-ring (bicyclic) bond motifs is 1. The molecular weight excluding hydrogens is 410 g/mol. The maximum Gasteiger partial charge on any atom is 0.253 e. The van der Waals surface area contributed by atoms with Crippen LogP contribution in [0.4, 0.5) is 5.95 Å². The maximum atomic E-state index is 13.4. The molecule has 1 aliphatic rings. The van der Waals surface area contributed by atoms with Crippen molar-refractivity contribution in [1.82, 2.24) is 19.4 Å². The molecule has 1 aromatic carbocycles. The van der Waals surface area contributed by atoms with E-state index in [0.717, 1.165) is 93.8 Å². The zero-order chi connectivity index (χ0) is 23.5. The van der Waals surface area contributed by atoms with Crippen LogP contribution in [0.15, 0.2) is 18.2 Å². The van der Waals surface area contributed by atoms with Crippen molar-refractivity contribution in [2.45, 2.75) is 85.1 Å². The Bertz CT molecular complexity index is 848. The minimum Gasteiger partial charge on any atom is -0.354 e. The van der Waals surface area contributed by atoms with Gasteiger partial charge in [-0.05, 0) is 63.4 Å². The summed E-state index contributed by atoms with van der Waals surface area (Å²) in [6.45, 7) is 13.6. The van der Waals surface area contributed by atoms with Crippen LogP contribution in [0, 0.1) is 0 Å². The van der Waals surface area contributed by atoms with Crippen LogP contribution in [-0.4, -0.2) is 64.5 Å². The first-order chi connectivity index (χ1) is 16.2. The van der Waals surface area contributed by atoms with E-state index in [1.165, 1.54) is 32.4 Å². The summed E-state index contributed by atoms with van der Waals surface area (Å²) < 4.78 is 2.29. The lowest BCUT2D eigenvalue weighted by molar-refractivity contribution is 0.0751. The van der Waals surface area contributed by atoms with Crippen LogP contribution in [0.2, 0.25) is 0 Å². The van der Waals surface area contributed by atoms with E-state index in [2.05, 4.69) is 41.6 Å². The van der Waals surface area contributed by atoms with Crippen molar-refractivity contribution >= 4 is 22.9 Å². The number of amides is 1. The van der Waals surface area contributed by atoms with Crippen LogP contribution in [0.25, 0.3) is 11.0 Å². The smallest absolute Gasteiger partial charge is 0.253 e. The second-order valence-electron chi connectivity index (χ2n) is 9.47. The fraction of sp³-hybridized carbons (Fsp3) is 0.704. The Labute approximate surface area is 200 Å². The van der Waals surface area contributed by atoms with Gasteiger partial charge in [0.05, 0.1) is 11.0 Å². The summed E-state index contributed by atoms with van der Waals surface area (Å²) in [5.41, 5.74) is 2.82. The third kappa shape index (κ3) is 7.20.